The lowest BCUT2D eigenvalue weighted by atomic mass is 10.1. The van der Waals surface area contributed by atoms with Gasteiger partial charge in [0.1, 0.15) is 0 Å². The van der Waals surface area contributed by atoms with Crippen molar-refractivity contribution in [2.45, 2.75) is 71.1 Å². The van der Waals surface area contributed by atoms with Crippen LogP contribution in [-0.4, -0.2) is 30.3 Å². The lowest BCUT2D eigenvalue weighted by molar-refractivity contribution is -0.672. The quantitative estimate of drug-likeness (QED) is 0.277. The van der Waals surface area contributed by atoms with Gasteiger partial charge in [-0.15, -0.1) is 4.48 Å². The van der Waals surface area contributed by atoms with Gasteiger partial charge in [0.25, 0.3) is 0 Å². The van der Waals surface area contributed by atoms with Crippen molar-refractivity contribution in [1.29, 1.82) is 0 Å². The molecule has 0 aliphatic rings. The standard InChI is InChI=1S/C15H28NO3/c1-2-3-4-5-6-7-8-9-10-11-12-16(13-17,14-18)15-19/h13-15H,2-12H2,1H3/q+1. The molecule has 0 unspecified atom stereocenters. The molecule has 0 atom stereocenters. The Morgan fingerprint density at radius 3 is 1.37 bits per heavy atom. The second-order valence-corrected chi connectivity index (χ2v) is 5.22. The minimum atomic E-state index is -0.711. The first kappa shape index (κ1) is 18.0. The van der Waals surface area contributed by atoms with E-state index in [4.69, 9.17) is 0 Å². The van der Waals surface area contributed by atoms with E-state index < -0.39 is 4.48 Å². The molecule has 0 saturated carbocycles. The maximum absolute atomic E-state index is 10.7. The lowest BCUT2D eigenvalue weighted by Gasteiger charge is -2.15. The topological polar surface area (TPSA) is 51.2 Å². The summed E-state index contributed by atoms with van der Waals surface area (Å²) in [6, 6.07) is 0. The number of hydrogen-bond donors (Lipinski definition) is 0. The van der Waals surface area contributed by atoms with Crippen LogP contribution in [0.2, 0.25) is 0 Å². The third-order valence-corrected chi connectivity index (χ3v) is 3.49. The van der Waals surface area contributed by atoms with E-state index in [1.807, 2.05) is 0 Å². The monoisotopic (exact) mass is 270 g/mol. The number of nitrogens with zero attached hydrogens (tertiary/aromatic N) is 1. The van der Waals surface area contributed by atoms with Gasteiger partial charge in [0.05, 0.1) is 6.54 Å². The maximum Gasteiger partial charge on any atom is 0.315 e. The number of rotatable bonds is 14. The van der Waals surface area contributed by atoms with E-state index in [1.165, 1.54) is 44.9 Å². The van der Waals surface area contributed by atoms with Crippen molar-refractivity contribution < 1.29 is 18.9 Å². The van der Waals surface area contributed by atoms with Gasteiger partial charge >= 0.3 is 19.2 Å². The van der Waals surface area contributed by atoms with E-state index in [0.29, 0.717) is 25.8 Å². The average Bonchev–Trinajstić information content (AvgIpc) is 2.46. The zero-order valence-corrected chi connectivity index (χ0v) is 12.2. The minimum Gasteiger partial charge on any atom is -0.233 e. The summed E-state index contributed by atoms with van der Waals surface area (Å²) in [4.78, 5) is 32.1. The molecule has 0 rings (SSSR count). The van der Waals surface area contributed by atoms with E-state index in [1.54, 1.807) is 0 Å². The van der Waals surface area contributed by atoms with Gasteiger partial charge in [-0.3, -0.25) is 0 Å². The Labute approximate surface area is 116 Å². The SMILES string of the molecule is CCCCCCCCCCCC[N+](C=O)(C=O)C=O. The Morgan fingerprint density at radius 1 is 0.632 bits per heavy atom. The van der Waals surface area contributed by atoms with Crippen LogP contribution in [0.1, 0.15) is 71.1 Å². The Bertz CT molecular complexity index is 232. The summed E-state index contributed by atoms with van der Waals surface area (Å²) in [6.07, 6.45) is 13.1. The van der Waals surface area contributed by atoms with Crippen LogP contribution >= 0.6 is 0 Å². The third kappa shape index (κ3) is 8.65. The molecule has 0 aliphatic carbocycles. The van der Waals surface area contributed by atoms with Gasteiger partial charge in [0.2, 0.25) is 0 Å². The highest BCUT2D eigenvalue weighted by Gasteiger charge is 2.25. The van der Waals surface area contributed by atoms with Crippen LogP contribution < -0.4 is 0 Å². The van der Waals surface area contributed by atoms with Crippen LogP contribution in [0.25, 0.3) is 0 Å². The van der Waals surface area contributed by atoms with Crippen LogP contribution in [0.3, 0.4) is 0 Å². The summed E-state index contributed by atoms with van der Waals surface area (Å²) < 4.78 is -0.711. The predicted molar refractivity (Wildman–Crippen MR) is 75.2 cm³/mol. The van der Waals surface area contributed by atoms with Crippen molar-refractivity contribution in [2.24, 2.45) is 0 Å². The molecule has 0 bridgehead atoms. The van der Waals surface area contributed by atoms with Gasteiger partial charge in [-0.05, 0) is 12.8 Å². The molecule has 3 amide bonds. The Balaban J connectivity index is 3.42. The molecular formula is C15H28NO3+. The van der Waals surface area contributed by atoms with E-state index in [-0.39, 0.29) is 0 Å². The average molecular weight is 270 g/mol. The molecule has 0 saturated heterocycles. The normalized spacial score (nSPS) is 11.2. The second kappa shape index (κ2) is 12.0. The minimum absolute atomic E-state index is 0.299. The summed E-state index contributed by atoms with van der Waals surface area (Å²) >= 11 is 0. The van der Waals surface area contributed by atoms with Gasteiger partial charge in [0, 0.05) is 0 Å². The predicted octanol–water partition coefficient (Wildman–Crippen LogP) is 3.19. The number of carbonyl (C=O) groups is 3. The van der Waals surface area contributed by atoms with Crippen LogP contribution in [0.5, 0.6) is 0 Å². The van der Waals surface area contributed by atoms with Gasteiger partial charge in [-0.1, -0.05) is 58.3 Å². The molecule has 0 N–H and O–H groups in total. The summed E-state index contributed by atoms with van der Waals surface area (Å²) in [5, 5.41) is 0. The highest BCUT2D eigenvalue weighted by atomic mass is 16.2. The summed E-state index contributed by atoms with van der Waals surface area (Å²) in [7, 11) is 0. The van der Waals surface area contributed by atoms with Gasteiger partial charge in [-0.25, -0.2) is 14.4 Å². The van der Waals surface area contributed by atoms with Crippen molar-refractivity contribution in [3.63, 3.8) is 0 Å². The molecule has 0 aliphatic heterocycles. The molecule has 0 radical (unpaired) electrons. The zero-order chi connectivity index (χ0) is 14.4. The van der Waals surface area contributed by atoms with E-state index >= 15 is 0 Å². The number of carbonyl (C=O) groups excluding carboxylic acids is 3. The van der Waals surface area contributed by atoms with E-state index in [9.17, 15) is 14.4 Å². The van der Waals surface area contributed by atoms with Crippen molar-refractivity contribution in [3.05, 3.63) is 0 Å². The molecule has 0 aromatic heterocycles. The third-order valence-electron chi connectivity index (χ3n) is 3.49. The first-order chi connectivity index (χ1) is 9.24. The second-order valence-electron chi connectivity index (χ2n) is 5.22. The number of imide groups is 3. The number of hydrogen-bond acceptors (Lipinski definition) is 3. The van der Waals surface area contributed by atoms with Crippen molar-refractivity contribution in [2.75, 3.05) is 6.54 Å². The molecule has 110 valence electrons. The first-order valence-electron chi connectivity index (χ1n) is 7.51. The highest BCUT2D eigenvalue weighted by Crippen LogP contribution is 2.11. The van der Waals surface area contributed by atoms with Gasteiger partial charge < -0.3 is 0 Å². The van der Waals surface area contributed by atoms with Crippen molar-refractivity contribution >= 4 is 19.2 Å². The van der Waals surface area contributed by atoms with Crippen LogP contribution in [0.4, 0.5) is 0 Å². The largest absolute Gasteiger partial charge is 0.315 e. The summed E-state index contributed by atoms with van der Waals surface area (Å²) in [5.74, 6) is 0. The molecule has 0 spiro atoms. The molecule has 19 heavy (non-hydrogen) atoms. The van der Waals surface area contributed by atoms with Crippen molar-refractivity contribution in [1.82, 2.24) is 0 Å². The molecule has 4 heteroatoms. The van der Waals surface area contributed by atoms with Gasteiger partial charge in [-0.2, -0.15) is 0 Å². The lowest BCUT2D eigenvalue weighted by Crippen LogP contribution is -2.44. The molecule has 4 nitrogen and oxygen atoms in total. The fourth-order valence-electron chi connectivity index (χ4n) is 2.11. The fourth-order valence-corrected chi connectivity index (χ4v) is 2.11. The number of quaternary nitrogens is 1. The fraction of sp³-hybridized carbons (Fsp3) is 0.800. The Hall–Kier alpha value is -1.03. The smallest absolute Gasteiger partial charge is 0.233 e. The van der Waals surface area contributed by atoms with Crippen LogP contribution in [-0.2, 0) is 14.4 Å². The maximum atomic E-state index is 10.7. The molecule has 0 heterocycles. The molecule has 0 aromatic carbocycles. The molecular weight excluding hydrogens is 242 g/mol. The van der Waals surface area contributed by atoms with Gasteiger partial charge in [0.15, 0.2) is 0 Å². The molecule has 0 aromatic rings. The number of amides is 3. The molecule has 0 fully saturated rings. The number of unbranched alkanes of at least 4 members (excludes halogenated alkanes) is 9. The van der Waals surface area contributed by atoms with Crippen LogP contribution in [0, 0.1) is 0 Å². The summed E-state index contributed by atoms with van der Waals surface area (Å²) in [6.45, 7) is 2.52. The summed E-state index contributed by atoms with van der Waals surface area (Å²) in [5.41, 5.74) is 0. The van der Waals surface area contributed by atoms with Crippen LogP contribution in [0.15, 0.2) is 0 Å². The first-order valence-corrected chi connectivity index (χ1v) is 7.51. The highest BCUT2D eigenvalue weighted by molar-refractivity contribution is 5.69. The van der Waals surface area contributed by atoms with E-state index in [0.717, 1.165) is 19.3 Å². The zero-order valence-electron chi connectivity index (χ0n) is 12.2. The van der Waals surface area contributed by atoms with Crippen molar-refractivity contribution in [3.8, 4) is 0 Å². The Kier molecular flexibility index (Phi) is 11.4. The Morgan fingerprint density at radius 2 is 1.00 bits per heavy atom. The van der Waals surface area contributed by atoms with E-state index in [2.05, 4.69) is 6.92 Å².